The molecular weight excluding hydrogens is 362 g/mol. The Balaban J connectivity index is 2.56. The van der Waals surface area contributed by atoms with Crippen LogP contribution in [0.5, 0.6) is 0 Å². The molecule has 2 aliphatic heterocycles. The third-order valence-corrected chi connectivity index (χ3v) is 4.63. The molecule has 2 aliphatic rings. The van der Waals surface area contributed by atoms with Gasteiger partial charge in [-0.15, -0.1) is 0 Å². The summed E-state index contributed by atoms with van der Waals surface area (Å²) in [5.74, 6) is -2.20. The predicted octanol–water partition coefficient (Wildman–Crippen LogP) is -0.0738. The van der Waals surface area contributed by atoms with Crippen molar-refractivity contribution in [1.29, 1.82) is 0 Å². The molecule has 0 aliphatic carbocycles. The van der Waals surface area contributed by atoms with Gasteiger partial charge in [-0.2, -0.15) is 0 Å². The van der Waals surface area contributed by atoms with Crippen molar-refractivity contribution < 1.29 is 28.7 Å². The maximum atomic E-state index is 12.5. The van der Waals surface area contributed by atoms with Crippen molar-refractivity contribution in [2.45, 2.75) is 6.92 Å². The zero-order chi connectivity index (χ0) is 19.4. The number of allylic oxidation sites excluding steroid dienone is 1. The number of nitrogens with one attached hydrogen (secondary N) is 1. The lowest BCUT2D eigenvalue weighted by molar-refractivity contribution is -0.141. The number of carbonyl (C=O) groups excluding carboxylic acids is 4. The molecule has 1 N–H and O–H groups in total. The monoisotopic (exact) mass is 381 g/mol. The standard InChI is InChI=1S/C16H19N3O6S/c1-5-25-16(23)13-12(17-8-10(20)24-4)9(6-7-26-13)11-14(21)18(2)19(3)15(11)22/h6-7,17H,5,8H2,1-4H3. The van der Waals surface area contributed by atoms with Crippen LogP contribution in [0.4, 0.5) is 0 Å². The first-order chi connectivity index (χ1) is 12.3. The molecule has 0 saturated carbocycles. The topological polar surface area (TPSA) is 105 Å². The lowest BCUT2D eigenvalue weighted by Gasteiger charge is -2.19. The van der Waals surface area contributed by atoms with Gasteiger partial charge in [-0.25, -0.2) is 4.79 Å². The van der Waals surface area contributed by atoms with Crippen LogP contribution < -0.4 is 5.32 Å². The Bertz CT molecular complexity index is 733. The Morgan fingerprint density at radius 2 is 1.81 bits per heavy atom. The highest BCUT2D eigenvalue weighted by Crippen LogP contribution is 2.35. The molecule has 0 unspecified atom stereocenters. The molecule has 0 aromatic rings. The Hall–Kier alpha value is -2.75. The average molecular weight is 381 g/mol. The number of methoxy groups -OCH3 is 1. The molecule has 10 heteroatoms. The van der Waals surface area contributed by atoms with Crippen LogP contribution in [-0.4, -0.2) is 68.1 Å². The number of esters is 2. The fourth-order valence-corrected chi connectivity index (χ4v) is 3.11. The number of amides is 2. The number of thioether (sulfide) groups is 1. The molecule has 1 fully saturated rings. The number of hydrogen-bond acceptors (Lipinski definition) is 8. The Morgan fingerprint density at radius 1 is 1.19 bits per heavy atom. The summed E-state index contributed by atoms with van der Waals surface area (Å²) < 4.78 is 9.62. The molecule has 2 heterocycles. The van der Waals surface area contributed by atoms with Crippen LogP contribution in [-0.2, 0) is 28.7 Å². The minimum Gasteiger partial charge on any atom is -0.468 e. The van der Waals surface area contributed by atoms with Gasteiger partial charge in [-0.1, -0.05) is 11.8 Å². The summed E-state index contributed by atoms with van der Waals surface area (Å²) in [7, 11) is 4.16. The van der Waals surface area contributed by atoms with Crippen LogP contribution >= 0.6 is 11.8 Å². The van der Waals surface area contributed by atoms with E-state index >= 15 is 0 Å². The van der Waals surface area contributed by atoms with E-state index in [-0.39, 0.29) is 34.9 Å². The van der Waals surface area contributed by atoms with E-state index in [1.807, 2.05) is 0 Å². The van der Waals surface area contributed by atoms with Crippen molar-refractivity contribution in [3.05, 3.63) is 33.2 Å². The summed E-state index contributed by atoms with van der Waals surface area (Å²) in [5, 5.41) is 6.71. The largest absolute Gasteiger partial charge is 0.468 e. The van der Waals surface area contributed by atoms with E-state index in [0.717, 1.165) is 11.8 Å². The highest BCUT2D eigenvalue weighted by atomic mass is 32.2. The molecule has 26 heavy (non-hydrogen) atoms. The molecule has 0 bridgehead atoms. The lowest BCUT2D eigenvalue weighted by Crippen LogP contribution is -2.33. The molecule has 0 aromatic heterocycles. The Morgan fingerprint density at radius 3 is 2.35 bits per heavy atom. The predicted molar refractivity (Wildman–Crippen MR) is 93.0 cm³/mol. The number of hydrogen-bond donors (Lipinski definition) is 1. The maximum Gasteiger partial charge on any atom is 0.347 e. The Kier molecular flexibility index (Phi) is 6.09. The van der Waals surface area contributed by atoms with E-state index in [4.69, 9.17) is 4.74 Å². The third-order valence-electron chi connectivity index (χ3n) is 3.75. The van der Waals surface area contributed by atoms with Gasteiger partial charge in [0.1, 0.15) is 17.0 Å². The molecule has 9 nitrogen and oxygen atoms in total. The van der Waals surface area contributed by atoms with Gasteiger partial charge in [-0.3, -0.25) is 24.4 Å². The summed E-state index contributed by atoms with van der Waals surface area (Å²) in [5.41, 5.74) is 0.310. The third kappa shape index (κ3) is 3.59. The van der Waals surface area contributed by atoms with Gasteiger partial charge in [0.15, 0.2) is 0 Å². The van der Waals surface area contributed by atoms with E-state index in [1.165, 1.54) is 31.2 Å². The van der Waals surface area contributed by atoms with E-state index in [0.29, 0.717) is 0 Å². The molecule has 1 saturated heterocycles. The van der Waals surface area contributed by atoms with Crippen molar-refractivity contribution >= 4 is 35.5 Å². The van der Waals surface area contributed by atoms with Gasteiger partial charge in [0.05, 0.1) is 19.4 Å². The summed E-state index contributed by atoms with van der Waals surface area (Å²) in [4.78, 5) is 48.9. The first-order valence-corrected chi connectivity index (χ1v) is 8.57. The minimum absolute atomic E-state index is 0.0966. The van der Waals surface area contributed by atoms with Crippen LogP contribution in [0, 0.1) is 0 Å². The second kappa shape index (κ2) is 8.09. The molecule has 2 amide bonds. The normalized spacial score (nSPS) is 17.2. The van der Waals surface area contributed by atoms with Crippen LogP contribution in [0.2, 0.25) is 0 Å². The molecule has 0 aromatic carbocycles. The van der Waals surface area contributed by atoms with Crippen molar-refractivity contribution in [3.63, 3.8) is 0 Å². The number of carbonyl (C=O) groups is 4. The van der Waals surface area contributed by atoms with Crippen molar-refractivity contribution in [2.24, 2.45) is 0 Å². The average Bonchev–Trinajstić information content (AvgIpc) is 2.82. The number of likely N-dealkylation sites (N-methyl/N-ethyl adjacent to an activating group) is 2. The fraction of sp³-hybridized carbons (Fsp3) is 0.375. The molecular formula is C16H19N3O6S. The minimum atomic E-state index is -0.619. The summed E-state index contributed by atoms with van der Waals surface area (Å²) in [6, 6.07) is 0. The molecule has 0 atom stereocenters. The van der Waals surface area contributed by atoms with Crippen LogP contribution in [0.1, 0.15) is 6.92 Å². The van der Waals surface area contributed by atoms with Gasteiger partial charge < -0.3 is 14.8 Å². The number of nitrogens with zero attached hydrogens (tertiary/aromatic N) is 2. The highest BCUT2D eigenvalue weighted by Gasteiger charge is 2.40. The van der Waals surface area contributed by atoms with Crippen molar-refractivity contribution in [2.75, 3.05) is 34.4 Å². The quantitative estimate of drug-likeness (QED) is 0.401. The van der Waals surface area contributed by atoms with Gasteiger partial charge >= 0.3 is 11.9 Å². The van der Waals surface area contributed by atoms with Gasteiger partial charge in [0.25, 0.3) is 11.8 Å². The Labute approximate surface area is 154 Å². The highest BCUT2D eigenvalue weighted by molar-refractivity contribution is 8.06. The van der Waals surface area contributed by atoms with Gasteiger partial charge in [0.2, 0.25) is 0 Å². The van der Waals surface area contributed by atoms with E-state index in [1.54, 1.807) is 18.4 Å². The zero-order valence-electron chi connectivity index (χ0n) is 14.8. The number of ether oxygens (including phenoxy) is 2. The first-order valence-electron chi connectivity index (χ1n) is 7.69. The second-order valence-electron chi connectivity index (χ2n) is 5.22. The molecule has 2 rings (SSSR count). The lowest BCUT2D eigenvalue weighted by atomic mass is 10.0. The van der Waals surface area contributed by atoms with Gasteiger partial charge in [-0.05, 0) is 18.4 Å². The smallest absolute Gasteiger partial charge is 0.347 e. The maximum absolute atomic E-state index is 12.5. The van der Waals surface area contributed by atoms with E-state index in [2.05, 4.69) is 10.1 Å². The molecule has 140 valence electrons. The number of rotatable bonds is 5. The van der Waals surface area contributed by atoms with Crippen LogP contribution in [0.15, 0.2) is 33.2 Å². The van der Waals surface area contributed by atoms with E-state index < -0.39 is 23.8 Å². The van der Waals surface area contributed by atoms with E-state index in [9.17, 15) is 19.2 Å². The SMILES string of the molecule is CCOC(=O)C1=C(NCC(=O)OC)C(=C2C(=O)N(C)N(C)C2=O)C=CS1. The molecule has 0 spiro atoms. The fourth-order valence-electron chi connectivity index (χ4n) is 2.32. The van der Waals surface area contributed by atoms with Gasteiger partial charge in [0, 0.05) is 19.7 Å². The van der Waals surface area contributed by atoms with Crippen molar-refractivity contribution in [1.82, 2.24) is 15.3 Å². The summed E-state index contributed by atoms with van der Waals surface area (Å²) in [6.45, 7) is 1.58. The second-order valence-corrected chi connectivity index (χ2v) is 6.14. The first kappa shape index (κ1) is 19.6. The summed E-state index contributed by atoms with van der Waals surface area (Å²) in [6.07, 6.45) is 1.55. The number of hydrazine groups is 1. The zero-order valence-corrected chi connectivity index (χ0v) is 15.6. The van der Waals surface area contributed by atoms with Crippen LogP contribution in [0.3, 0.4) is 0 Å². The van der Waals surface area contributed by atoms with Crippen LogP contribution in [0.25, 0.3) is 0 Å². The molecule has 0 radical (unpaired) electrons. The summed E-state index contributed by atoms with van der Waals surface area (Å²) >= 11 is 1.07. The van der Waals surface area contributed by atoms with Crippen molar-refractivity contribution in [3.8, 4) is 0 Å².